The van der Waals surface area contributed by atoms with E-state index in [9.17, 15) is 4.39 Å². The van der Waals surface area contributed by atoms with Gasteiger partial charge in [-0.2, -0.15) is 0 Å². The first kappa shape index (κ1) is 15.1. The van der Waals surface area contributed by atoms with Crippen molar-refractivity contribution in [3.8, 4) is 0 Å². The third-order valence-corrected chi connectivity index (χ3v) is 4.91. The molecule has 20 heavy (non-hydrogen) atoms. The summed E-state index contributed by atoms with van der Waals surface area (Å²) in [6.07, 6.45) is 0.597. The number of aromatic nitrogens is 1. The Morgan fingerprint density at radius 3 is 2.55 bits per heavy atom. The molecule has 1 heterocycles. The van der Waals surface area contributed by atoms with Gasteiger partial charge in [0.25, 0.3) is 0 Å². The first-order valence-electron chi connectivity index (χ1n) is 6.89. The van der Waals surface area contributed by atoms with Crippen LogP contribution in [0.5, 0.6) is 0 Å². The van der Waals surface area contributed by atoms with E-state index in [4.69, 9.17) is 0 Å². The maximum atomic E-state index is 13.9. The number of benzene rings is 1. The summed E-state index contributed by atoms with van der Waals surface area (Å²) in [5, 5.41) is 4.50. The Balaban J connectivity index is 2.37. The Morgan fingerprint density at radius 2 is 2.00 bits per heavy atom. The largest absolute Gasteiger partial charge is 0.306 e. The summed E-state index contributed by atoms with van der Waals surface area (Å²) in [6, 6.07) is 6.96. The maximum Gasteiger partial charge on any atom is 0.126 e. The normalized spacial score (nSPS) is 14.2. The van der Waals surface area contributed by atoms with Crippen LogP contribution in [0, 0.1) is 19.7 Å². The molecule has 1 aromatic heterocycles. The van der Waals surface area contributed by atoms with Gasteiger partial charge >= 0.3 is 0 Å². The second-order valence-corrected chi connectivity index (χ2v) is 6.49. The number of hydrogen-bond donors (Lipinski definition) is 1. The molecule has 2 rings (SSSR count). The number of aryl methyl sites for hydroxylation is 2. The molecule has 0 aliphatic heterocycles. The number of thiazole rings is 1. The van der Waals surface area contributed by atoms with Gasteiger partial charge in [-0.1, -0.05) is 25.1 Å². The van der Waals surface area contributed by atoms with Crippen LogP contribution in [0.25, 0.3) is 0 Å². The van der Waals surface area contributed by atoms with Crippen molar-refractivity contribution in [2.45, 2.75) is 39.7 Å². The van der Waals surface area contributed by atoms with E-state index >= 15 is 0 Å². The number of hydrogen-bond acceptors (Lipinski definition) is 3. The van der Waals surface area contributed by atoms with Crippen LogP contribution in [0.4, 0.5) is 4.39 Å². The lowest BCUT2D eigenvalue weighted by Crippen LogP contribution is -2.41. The maximum absolute atomic E-state index is 13.9. The Kier molecular flexibility index (Phi) is 4.55. The molecular formula is C16H21FN2S. The molecule has 0 amide bonds. The van der Waals surface area contributed by atoms with E-state index in [2.05, 4.69) is 31.1 Å². The molecule has 0 saturated heterocycles. The highest BCUT2D eigenvalue weighted by molar-refractivity contribution is 7.11. The third kappa shape index (κ3) is 3.07. The molecule has 2 aromatic rings. The molecule has 0 bridgehead atoms. The second kappa shape index (κ2) is 6.02. The molecule has 0 spiro atoms. The smallest absolute Gasteiger partial charge is 0.126 e. The fourth-order valence-corrected chi connectivity index (χ4v) is 3.37. The minimum Gasteiger partial charge on any atom is -0.306 e. The van der Waals surface area contributed by atoms with Crippen molar-refractivity contribution in [3.05, 3.63) is 51.2 Å². The van der Waals surface area contributed by atoms with Crippen LogP contribution in [0.1, 0.15) is 35.0 Å². The fraction of sp³-hybridized carbons (Fsp3) is 0.438. The van der Waals surface area contributed by atoms with Crippen molar-refractivity contribution in [2.75, 3.05) is 6.54 Å². The number of nitrogens with zero attached hydrogens (tertiary/aromatic N) is 1. The van der Waals surface area contributed by atoms with Gasteiger partial charge in [0.1, 0.15) is 10.8 Å². The average molecular weight is 292 g/mol. The van der Waals surface area contributed by atoms with E-state index in [1.807, 2.05) is 19.1 Å². The average Bonchev–Trinajstić information content (AvgIpc) is 2.74. The molecule has 1 N–H and O–H groups in total. The number of rotatable bonds is 5. The molecule has 0 aliphatic carbocycles. The SMILES string of the molecule is CCNC(C)(Cc1ccccc1F)c1nc(C)c(C)s1. The highest BCUT2D eigenvalue weighted by Crippen LogP contribution is 2.31. The van der Waals surface area contributed by atoms with Gasteiger partial charge in [0.2, 0.25) is 0 Å². The molecular weight excluding hydrogens is 271 g/mol. The minimum atomic E-state index is -0.333. The molecule has 0 saturated carbocycles. The van der Waals surface area contributed by atoms with Gasteiger partial charge in [-0.05, 0) is 45.4 Å². The molecule has 2 nitrogen and oxygen atoms in total. The summed E-state index contributed by atoms with van der Waals surface area (Å²) in [5.74, 6) is -0.151. The first-order valence-corrected chi connectivity index (χ1v) is 7.71. The highest BCUT2D eigenvalue weighted by Gasteiger charge is 2.30. The topological polar surface area (TPSA) is 24.9 Å². The van der Waals surface area contributed by atoms with Gasteiger partial charge in [-0.3, -0.25) is 0 Å². The van der Waals surface area contributed by atoms with Gasteiger partial charge in [-0.15, -0.1) is 11.3 Å². The molecule has 0 fully saturated rings. The monoisotopic (exact) mass is 292 g/mol. The van der Waals surface area contributed by atoms with Crippen LogP contribution in [0.2, 0.25) is 0 Å². The van der Waals surface area contributed by atoms with Crippen LogP contribution in [-0.4, -0.2) is 11.5 Å². The van der Waals surface area contributed by atoms with Crippen molar-refractivity contribution in [1.29, 1.82) is 0 Å². The summed E-state index contributed by atoms with van der Waals surface area (Å²) in [4.78, 5) is 5.88. The predicted molar refractivity (Wildman–Crippen MR) is 82.7 cm³/mol. The van der Waals surface area contributed by atoms with E-state index in [0.29, 0.717) is 6.42 Å². The summed E-state index contributed by atoms with van der Waals surface area (Å²) in [5.41, 5.74) is 1.45. The van der Waals surface area contributed by atoms with Gasteiger partial charge in [0.15, 0.2) is 0 Å². The van der Waals surface area contributed by atoms with Gasteiger partial charge in [-0.25, -0.2) is 9.37 Å². The van der Waals surface area contributed by atoms with Crippen molar-refractivity contribution < 1.29 is 4.39 Å². The predicted octanol–water partition coefficient (Wildman–Crippen LogP) is 3.97. The van der Waals surface area contributed by atoms with Crippen LogP contribution in [-0.2, 0) is 12.0 Å². The first-order chi connectivity index (χ1) is 9.46. The summed E-state index contributed by atoms with van der Waals surface area (Å²) in [7, 11) is 0. The van der Waals surface area contributed by atoms with Gasteiger partial charge in [0.05, 0.1) is 11.2 Å². The van der Waals surface area contributed by atoms with Crippen LogP contribution >= 0.6 is 11.3 Å². The Labute approximate surface area is 124 Å². The highest BCUT2D eigenvalue weighted by atomic mass is 32.1. The number of likely N-dealkylation sites (N-methyl/N-ethyl adjacent to an activating group) is 1. The van der Waals surface area contributed by atoms with Gasteiger partial charge < -0.3 is 5.32 Å². The van der Waals surface area contributed by atoms with Crippen molar-refractivity contribution in [2.24, 2.45) is 0 Å². The van der Waals surface area contributed by atoms with Gasteiger partial charge in [0, 0.05) is 4.88 Å². The standard InChI is InChI=1S/C16H21FN2S/c1-5-18-16(4,15-19-11(2)12(3)20-15)10-13-8-6-7-9-14(13)17/h6-9,18H,5,10H2,1-4H3. The lowest BCUT2D eigenvalue weighted by molar-refractivity contribution is 0.365. The van der Waals surface area contributed by atoms with Crippen molar-refractivity contribution in [3.63, 3.8) is 0 Å². The molecule has 0 aliphatic rings. The third-order valence-electron chi connectivity index (χ3n) is 3.57. The molecule has 1 unspecified atom stereocenters. The Bertz CT molecular complexity index is 574. The summed E-state index contributed by atoms with van der Waals surface area (Å²) >= 11 is 1.69. The molecule has 1 aromatic carbocycles. The lowest BCUT2D eigenvalue weighted by Gasteiger charge is -2.29. The summed E-state index contributed by atoms with van der Waals surface area (Å²) in [6.45, 7) is 9.08. The number of halogens is 1. The van der Waals surface area contributed by atoms with Crippen LogP contribution in [0.15, 0.2) is 24.3 Å². The minimum absolute atomic E-state index is 0.151. The number of nitrogens with one attached hydrogen (secondary N) is 1. The zero-order valence-corrected chi connectivity index (χ0v) is 13.3. The van der Waals surface area contributed by atoms with Crippen LogP contribution < -0.4 is 5.32 Å². The molecule has 0 radical (unpaired) electrons. The molecule has 108 valence electrons. The Hall–Kier alpha value is -1.26. The molecule has 1 atom stereocenters. The molecule has 4 heteroatoms. The zero-order valence-electron chi connectivity index (χ0n) is 12.5. The van der Waals surface area contributed by atoms with E-state index in [1.54, 1.807) is 17.4 Å². The fourth-order valence-electron chi connectivity index (χ4n) is 2.34. The second-order valence-electron chi connectivity index (χ2n) is 5.29. The quantitative estimate of drug-likeness (QED) is 0.902. The van der Waals surface area contributed by atoms with Crippen molar-refractivity contribution in [1.82, 2.24) is 10.3 Å². The zero-order chi connectivity index (χ0) is 14.8. The van der Waals surface area contributed by atoms with E-state index < -0.39 is 0 Å². The van der Waals surface area contributed by atoms with Crippen LogP contribution in [0.3, 0.4) is 0 Å². The van der Waals surface area contributed by atoms with E-state index in [0.717, 1.165) is 22.8 Å². The van der Waals surface area contributed by atoms with E-state index in [-0.39, 0.29) is 11.4 Å². The van der Waals surface area contributed by atoms with Crippen molar-refractivity contribution >= 4 is 11.3 Å². The Morgan fingerprint density at radius 1 is 1.30 bits per heavy atom. The van der Waals surface area contributed by atoms with E-state index in [1.165, 1.54) is 10.9 Å². The lowest BCUT2D eigenvalue weighted by atomic mass is 9.93. The summed E-state index contributed by atoms with van der Waals surface area (Å²) < 4.78 is 13.9.